The van der Waals surface area contributed by atoms with Gasteiger partial charge in [0.25, 0.3) is 5.91 Å². The molecular formula is C17H19NO5S2. The molecule has 0 aliphatic carbocycles. The van der Waals surface area contributed by atoms with Crippen LogP contribution in [0.3, 0.4) is 0 Å². The first-order chi connectivity index (χ1) is 11.8. The van der Waals surface area contributed by atoms with Gasteiger partial charge in [0.15, 0.2) is 11.5 Å². The van der Waals surface area contributed by atoms with Gasteiger partial charge in [-0.15, -0.1) is 0 Å². The Morgan fingerprint density at radius 2 is 2.16 bits per heavy atom. The van der Waals surface area contributed by atoms with Gasteiger partial charge < -0.3 is 14.6 Å². The topological polar surface area (TPSA) is 76.1 Å². The van der Waals surface area contributed by atoms with Gasteiger partial charge in [-0.05, 0) is 29.7 Å². The Balaban J connectivity index is 2.11. The molecule has 0 spiro atoms. The Morgan fingerprint density at radius 3 is 2.80 bits per heavy atom. The van der Waals surface area contributed by atoms with Crippen molar-refractivity contribution in [1.82, 2.24) is 4.90 Å². The quantitative estimate of drug-likeness (QED) is 0.461. The van der Waals surface area contributed by atoms with Gasteiger partial charge in [0.2, 0.25) is 0 Å². The number of phenolic OH excluding ortho intramolecular Hbond substituents is 1. The van der Waals surface area contributed by atoms with Crippen molar-refractivity contribution < 1.29 is 24.2 Å². The van der Waals surface area contributed by atoms with Crippen molar-refractivity contribution in [3.05, 3.63) is 28.7 Å². The van der Waals surface area contributed by atoms with Crippen LogP contribution in [0.2, 0.25) is 0 Å². The number of aromatic hydroxyl groups is 1. The number of carbonyl (C=O) groups is 2. The maximum Gasteiger partial charge on any atom is 0.326 e. The molecule has 1 aliphatic heterocycles. The molecule has 1 aliphatic rings. The number of ether oxygens (including phenoxy) is 2. The van der Waals surface area contributed by atoms with Gasteiger partial charge in [0.05, 0.1) is 18.6 Å². The maximum atomic E-state index is 12.5. The van der Waals surface area contributed by atoms with Crippen molar-refractivity contribution in [3.63, 3.8) is 0 Å². The van der Waals surface area contributed by atoms with Gasteiger partial charge in [-0.2, -0.15) is 0 Å². The predicted molar refractivity (Wildman–Crippen MR) is 100 cm³/mol. The van der Waals surface area contributed by atoms with Crippen LogP contribution in [0.5, 0.6) is 11.5 Å². The third-order valence-corrected chi connectivity index (χ3v) is 4.62. The number of thiocarbonyl (C=S) groups is 1. The first kappa shape index (κ1) is 19.3. The Labute approximate surface area is 155 Å². The summed E-state index contributed by atoms with van der Waals surface area (Å²) in [5.41, 5.74) is 0.678. The zero-order valence-corrected chi connectivity index (χ0v) is 15.8. The van der Waals surface area contributed by atoms with Gasteiger partial charge in [0, 0.05) is 0 Å². The van der Waals surface area contributed by atoms with E-state index in [-0.39, 0.29) is 24.1 Å². The summed E-state index contributed by atoms with van der Waals surface area (Å²) in [4.78, 5) is 25.9. The molecule has 0 radical (unpaired) electrons. The maximum absolute atomic E-state index is 12.5. The summed E-state index contributed by atoms with van der Waals surface area (Å²) >= 11 is 6.31. The van der Waals surface area contributed by atoms with E-state index in [0.717, 1.165) is 11.8 Å². The van der Waals surface area contributed by atoms with Crippen LogP contribution >= 0.6 is 24.0 Å². The molecule has 0 atom stereocenters. The first-order valence-corrected chi connectivity index (χ1v) is 8.82. The van der Waals surface area contributed by atoms with E-state index in [4.69, 9.17) is 21.7 Å². The smallest absolute Gasteiger partial charge is 0.326 e. The van der Waals surface area contributed by atoms with Gasteiger partial charge in [-0.3, -0.25) is 14.5 Å². The van der Waals surface area contributed by atoms with Crippen molar-refractivity contribution in [2.75, 3.05) is 20.3 Å². The number of methoxy groups -OCH3 is 1. The number of nitrogens with zero attached hydrogens (tertiary/aromatic N) is 1. The molecule has 2 rings (SSSR count). The Morgan fingerprint density at radius 1 is 1.44 bits per heavy atom. The van der Waals surface area contributed by atoms with Crippen LogP contribution in [0.4, 0.5) is 0 Å². The fraction of sp³-hybridized carbons (Fsp3) is 0.353. The first-order valence-electron chi connectivity index (χ1n) is 7.59. The molecule has 1 amide bonds. The Kier molecular flexibility index (Phi) is 6.44. The zero-order valence-electron chi connectivity index (χ0n) is 14.1. The van der Waals surface area contributed by atoms with E-state index in [1.807, 2.05) is 13.8 Å². The van der Waals surface area contributed by atoms with Crippen molar-refractivity contribution in [1.29, 1.82) is 0 Å². The van der Waals surface area contributed by atoms with E-state index in [1.165, 1.54) is 18.1 Å². The van der Waals surface area contributed by atoms with Crippen molar-refractivity contribution >= 4 is 46.3 Å². The summed E-state index contributed by atoms with van der Waals surface area (Å²) in [7, 11) is 1.45. The summed E-state index contributed by atoms with van der Waals surface area (Å²) in [6.07, 6.45) is 1.64. The highest BCUT2D eigenvalue weighted by atomic mass is 32.2. The second-order valence-electron chi connectivity index (χ2n) is 5.78. The standard InChI is InChI=1S/C17H19NO5S2/c1-10(2)9-23-15(20)8-18-16(21)14(25-17(18)24)7-11-4-5-12(19)13(6-11)22-3/h4-7,10,19H,8-9H2,1-3H3/b14-7-. The third-order valence-electron chi connectivity index (χ3n) is 3.24. The second kappa shape index (κ2) is 8.35. The molecule has 1 aromatic rings. The molecule has 0 bridgehead atoms. The fourth-order valence-electron chi connectivity index (χ4n) is 2.01. The number of amides is 1. The van der Waals surface area contributed by atoms with Gasteiger partial charge in [-0.1, -0.05) is 43.9 Å². The van der Waals surface area contributed by atoms with Crippen LogP contribution in [0.1, 0.15) is 19.4 Å². The summed E-state index contributed by atoms with van der Waals surface area (Å²) < 4.78 is 10.5. The van der Waals surface area contributed by atoms with E-state index in [2.05, 4.69) is 0 Å². The number of phenols is 1. The van der Waals surface area contributed by atoms with Gasteiger partial charge >= 0.3 is 5.97 Å². The van der Waals surface area contributed by atoms with E-state index >= 15 is 0 Å². The number of esters is 1. The number of hydrogen-bond acceptors (Lipinski definition) is 7. The average Bonchev–Trinajstić information content (AvgIpc) is 2.82. The lowest BCUT2D eigenvalue weighted by molar-refractivity contribution is -0.147. The third kappa shape index (κ3) is 4.96. The number of benzene rings is 1. The monoisotopic (exact) mass is 381 g/mol. The van der Waals surface area contributed by atoms with Crippen LogP contribution in [-0.4, -0.2) is 46.5 Å². The summed E-state index contributed by atoms with van der Waals surface area (Å²) in [5.74, 6) is -0.290. The normalized spacial score (nSPS) is 16.0. The summed E-state index contributed by atoms with van der Waals surface area (Å²) in [6, 6.07) is 4.74. The minimum atomic E-state index is -0.488. The van der Waals surface area contributed by atoms with E-state index in [9.17, 15) is 14.7 Å². The highest BCUT2D eigenvalue weighted by Gasteiger charge is 2.33. The SMILES string of the molecule is COc1cc(/C=C2\SC(=S)N(CC(=O)OCC(C)C)C2=O)ccc1O. The fourth-order valence-corrected chi connectivity index (χ4v) is 3.26. The van der Waals surface area contributed by atoms with E-state index in [0.29, 0.717) is 27.1 Å². The molecule has 1 aromatic carbocycles. The minimum absolute atomic E-state index is 0.0140. The molecule has 25 heavy (non-hydrogen) atoms. The van der Waals surface area contributed by atoms with Crippen molar-refractivity contribution in [2.24, 2.45) is 5.92 Å². The lowest BCUT2D eigenvalue weighted by Gasteiger charge is -2.14. The zero-order chi connectivity index (χ0) is 18.6. The van der Waals surface area contributed by atoms with Gasteiger partial charge in [-0.25, -0.2) is 0 Å². The Hall–Kier alpha value is -2.06. The molecule has 134 valence electrons. The molecule has 0 aromatic heterocycles. The molecule has 0 unspecified atom stereocenters. The predicted octanol–water partition coefficient (Wildman–Crippen LogP) is 2.80. The van der Waals surface area contributed by atoms with E-state index < -0.39 is 5.97 Å². The molecule has 1 heterocycles. The van der Waals surface area contributed by atoms with Crippen LogP contribution < -0.4 is 4.74 Å². The molecule has 8 heteroatoms. The molecule has 0 saturated carbocycles. The molecule has 1 N–H and O–H groups in total. The highest BCUT2D eigenvalue weighted by molar-refractivity contribution is 8.26. The largest absolute Gasteiger partial charge is 0.504 e. The van der Waals surface area contributed by atoms with Crippen LogP contribution in [0.15, 0.2) is 23.1 Å². The molecule has 1 fully saturated rings. The number of thioether (sulfide) groups is 1. The second-order valence-corrected chi connectivity index (χ2v) is 7.45. The van der Waals surface area contributed by atoms with Crippen LogP contribution in [-0.2, 0) is 14.3 Å². The summed E-state index contributed by atoms with van der Waals surface area (Å²) in [5, 5.41) is 9.62. The lowest BCUT2D eigenvalue weighted by Crippen LogP contribution is -2.34. The van der Waals surface area contributed by atoms with Crippen molar-refractivity contribution in [3.8, 4) is 11.5 Å². The molecule has 1 saturated heterocycles. The van der Waals surface area contributed by atoms with Crippen LogP contribution in [0.25, 0.3) is 6.08 Å². The van der Waals surface area contributed by atoms with Crippen molar-refractivity contribution in [2.45, 2.75) is 13.8 Å². The highest BCUT2D eigenvalue weighted by Crippen LogP contribution is 2.34. The van der Waals surface area contributed by atoms with Gasteiger partial charge in [0.1, 0.15) is 10.9 Å². The minimum Gasteiger partial charge on any atom is -0.504 e. The molecular weight excluding hydrogens is 362 g/mol. The number of hydrogen-bond donors (Lipinski definition) is 1. The average molecular weight is 381 g/mol. The summed E-state index contributed by atoms with van der Waals surface area (Å²) in [6.45, 7) is 3.97. The van der Waals surface area contributed by atoms with E-state index in [1.54, 1.807) is 18.2 Å². The lowest BCUT2D eigenvalue weighted by atomic mass is 10.2. The number of rotatable bonds is 6. The number of carbonyl (C=O) groups excluding carboxylic acids is 2. The van der Waals surface area contributed by atoms with Crippen LogP contribution in [0, 0.1) is 5.92 Å². The Bertz CT molecular complexity index is 730. The molecule has 6 nitrogen and oxygen atoms in total.